The van der Waals surface area contributed by atoms with Crippen molar-refractivity contribution in [2.75, 3.05) is 0 Å². The van der Waals surface area contributed by atoms with E-state index in [-0.39, 0.29) is 5.82 Å². The highest BCUT2D eigenvalue weighted by molar-refractivity contribution is 5.88. The van der Waals surface area contributed by atoms with Gasteiger partial charge >= 0.3 is 0 Å². The third-order valence-electron chi connectivity index (χ3n) is 5.26. The van der Waals surface area contributed by atoms with Crippen LogP contribution in [0.1, 0.15) is 47.1 Å². The van der Waals surface area contributed by atoms with Gasteiger partial charge in [-0.2, -0.15) is 0 Å². The van der Waals surface area contributed by atoms with Crippen LogP contribution in [-0.2, 0) is 12.0 Å². The van der Waals surface area contributed by atoms with Crippen LogP contribution in [0.2, 0.25) is 0 Å². The number of nitrogens with two attached hydrogens (primary N) is 1. The molecule has 4 aromatic rings. The average molecular weight is 428 g/mol. The van der Waals surface area contributed by atoms with E-state index in [0.717, 1.165) is 28.8 Å². The third-order valence-corrected chi connectivity index (χ3v) is 5.26. The van der Waals surface area contributed by atoms with Crippen molar-refractivity contribution in [3.8, 4) is 16.8 Å². The molecule has 0 spiro atoms. The average Bonchev–Trinajstić information content (AvgIpc) is 3.16. The lowest BCUT2D eigenvalue weighted by molar-refractivity contribution is 0.0739. The molecule has 0 unspecified atom stereocenters. The van der Waals surface area contributed by atoms with Crippen LogP contribution in [0.3, 0.4) is 0 Å². The molecule has 0 atom stereocenters. The Morgan fingerprint density at radius 2 is 1.56 bits per heavy atom. The van der Waals surface area contributed by atoms with Crippen molar-refractivity contribution in [1.29, 1.82) is 0 Å². The van der Waals surface area contributed by atoms with Gasteiger partial charge in [0.1, 0.15) is 11.4 Å². The number of benzene rings is 2. The van der Waals surface area contributed by atoms with Gasteiger partial charge in [-0.3, -0.25) is 9.78 Å². The molecule has 162 valence electrons. The van der Waals surface area contributed by atoms with Crippen molar-refractivity contribution in [3.05, 3.63) is 95.3 Å². The molecule has 2 aromatic heterocycles. The Morgan fingerprint density at radius 1 is 0.969 bits per heavy atom. The number of aliphatic hydroxyl groups is 1. The zero-order valence-corrected chi connectivity index (χ0v) is 18.3. The largest absolute Gasteiger partial charge is 0.384 e. The minimum atomic E-state index is -0.950. The van der Waals surface area contributed by atoms with Crippen LogP contribution in [0.5, 0.6) is 0 Å². The van der Waals surface area contributed by atoms with Crippen molar-refractivity contribution in [3.63, 3.8) is 0 Å². The fourth-order valence-corrected chi connectivity index (χ4v) is 3.47. The Morgan fingerprint density at radius 3 is 2.06 bits per heavy atom. The Labute approximate surface area is 186 Å². The molecule has 1 amide bonds. The molecule has 0 bridgehead atoms. The molecule has 2 aromatic carbocycles. The highest BCUT2D eigenvalue weighted by Crippen LogP contribution is 2.23. The number of nitrogens with zero attached hydrogens (tertiary/aromatic N) is 4. The lowest BCUT2D eigenvalue weighted by Gasteiger charge is -2.16. The van der Waals surface area contributed by atoms with E-state index in [4.69, 9.17) is 5.73 Å². The predicted molar refractivity (Wildman–Crippen MR) is 122 cm³/mol. The summed E-state index contributed by atoms with van der Waals surface area (Å²) >= 11 is 0. The monoisotopic (exact) mass is 427 g/mol. The molecule has 0 saturated heterocycles. The van der Waals surface area contributed by atoms with Crippen LogP contribution in [0.4, 0.5) is 0 Å². The van der Waals surface area contributed by atoms with E-state index >= 15 is 0 Å². The highest BCUT2D eigenvalue weighted by Gasteiger charge is 2.17. The van der Waals surface area contributed by atoms with Gasteiger partial charge in [0.2, 0.25) is 5.82 Å². The molecule has 0 aliphatic carbocycles. The van der Waals surface area contributed by atoms with Gasteiger partial charge in [0.15, 0.2) is 0 Å². The molecule has 0 fully saturated rings. The Kier molecular flexibility index (Phi) is 5.59. The van der Waals surface area contributed by atoms with Crippen molar-refractivity contribution < 1.29 is 9.90 Å². The van der Waals surface area contributed by atoms with Gasteiger partial charge in [-0.15, -0.1) is 5.10 Å². The van der Waals surface area contributed by atoms with Crippen LogP contribution < -0.4 is 5.73 Å². The van der Waals surface area contributed by atoms with Gasteiger partial charge < -0.3 is 10.8 Å². The summed E-state index contributed by atoms with van der Waals surface area (Å²) in [6.07, 6.45) is 2.58. The van der Waals surface area contributed by atoms with Gasteiger partial charge in [-0.05, 0) is 62.1 Å². The maximum Gasteiger partial charge on any atom is 0.288 e. The lowest BCUT2D eigenvalue weighted by Crippen LogP contribution is -2.17. The summed E-state index contributed by atoms with van der Waals surface area (Å²) in [5.74, 6) is -0.0281. The molecule has 3 N–H and O–H groups in total. The van der Waals surface area contributed by atoms with E-state index in [0.29, 0.717) is 11.5 Å². The zero-order valence-electron chi connectivity index (χ0n) is 18.3. The number of hydrogen-bond acceptors (Lipinski definition) is 5. The second-order valence-corrected chi connectivity index (χ2v) is 8.29. The summed E-state index contributed by atoms with van der Waals surface area (Å²) in [5, 5.41) is 14.2. The standard InChI is InChI=1S/C25H25N5O2/c1-16-28-24(23(26)31)29-30(16)21-11-6-18(7-12-21)14-17-4-8-19(9-5-17)20-10-13-22(27-15-20)25(2,3)32/h4-13,15,32H,14H2,1-3H3,(H2,26,31). The van der Waals surface area contributed by atoms with Crippen molar-refractivity contribution >= 4 is 5.91 Å². The molecular formula is C25H25N5O2. The minimum absolute atomic E-state index is 0.0107. The second-order valence-electron chi connectivity index (χ2n) is 8.29. The molecule has 4 rings (SSSR count). The Balaban J connectivity index is 1.46. The number of hydrogen-bond donors (Lipinski definition) is 2. The maximum atomic E-state index is 11.3. The number of aromatic nitrogens is 4. The first-order valence-corrected chi connectivity index (χ1v) is 10.3. The lowest BCUT2D eigenvalue weighted by atomic mass is 9.99. The van der Waals surface area contributed by atoms with E-state index in [9.17, 15) is 9.90 Å². The zero-order chi connectivity index (χ0) is 22.9. The van der Waals surface area contributed by atoms with Crippen LogP contribution in [0.25, 0.3) is 16.8 Å². The first-order valence-electron chi connectivity index (χ1n) is 10.3. The number of amides is 1. The molecular weight excluding hydrogens is 402 g/mol. The van der Waals surface area contributed by atoms with Gasteiger partial charge in [-0.25, -0.2) is 9.67 Å². The van der Waals surface area contributed by atoms with Crippen LogP contribution in [0.15, 0.2) is 66.9 Å². The minimum Gasteiger partial charge on any atom is -0.384 e. The fourth-order valence-electron chi connectivity index (χ4n) is 3.47. The van der Waals surface area contributed by atoms with Crippen LogP contribution in [0, 0.1) is 6.92 Å². The molecule has 0 aliphatic rings. The molecule has 7 nitrogen and oxygen atoms in total. The molecule has 2 heterocycles. The maximum absolute atomic E-state index is 11.3. The van der Waals surface area contributed by atoms with Gasteiger partial charge in [-0.1, -0.05) is 42.5 Å². The van der Waals surface area contributed by atoms with Crippen LogP contribution in [-0.4, -0.2) is 30.8 Å². The number of rotatable bonds is 6. The van der Waals surface area contributed by atoms with Gasteiger partial charge in [0, 0.05) is 11.8 Å². The number of pyridine rings is 1. The van der Waals surface area contributed by atoms with E-state index in [1.807, 2.05) is 36.4 Å². The van der Waals surface area contributed by atoms with Crippen molar-refractivity contribution in [2.45, 2.75) is 32.8 Å². The van der Waals surface area contributed by atoms with Gasteiger partial charge in [0.25, 0.3) is 5.91 Å². The van der Waals surface area contributed by atoms with Crippen LogP contribution >= 0.6 is 0 Å². The van der Waals surface area contributed by atoms with E-state index in [2.05, 4.69) is 39.3 Å². The number of primary amides is 1. The van der Waals surface area contributed by atoms with Gasteiger partial charge in [0.05, 0.1) is 11.4 Å². The summed E-state index contributed by atoms with van der Waals surface area (Å²) in [5.41, 5.74) is 10.2. The third kappa shape index (κ3) is 4.58. The molecule has 0 saturated carbocycles. The van der Waals surface area contributed by atoms with E-state index in [1.165, 1.54) is 5.56 Å². The Hall–Kier alpha value is -3.84. The summed E-state index contributed by atoms with van der Waals surface area (Å²) in [6.45, 7) is 5.23. The highest BCUT2D eigenvalue weighted by atomic mass is 16.3. The Bertz CT molecular complexity index is 1240. The normalized spacial score (nSPS) is 11.5. The SMILES string of the molecule is Cc1nc(C(N)=O)nn1-c1ccc(Cc2ccc(-c3ccc(C(C)(C)O)nc3)cc2)cc1. The van der Waals surface area contributed by atoms with Crippen molar-refractivity contribution in [1.82, 2.24) is 19.7 Å². The van der Waals surface area contributed by atoms with E-state index in [1.54, 1.807) is 31.6 Å². The first-order chi connectivity index (χ1) is 15.2. The topological polar surface area (TPSA) is 107 Å². The quantitative estimate of drug-likeness (QED) is 0.489. The fraction of sp³-hybridized carbons (Fsp3) is 0.200. The number of carbonyl (C=O) groups excluding carboxylic acids is 1. The summed E-state index contributed by atoms with van der Waals surface area (Å²) in [7, 11) is 0. The number of aryl methyl sites for hydroxylation is 1. The molecule has 0 radical (unpaired) electrons. The summed E-state index contributed by atoms with van der Waals surface area (Å²) in [6, 6.07) is 20.2. The summed E-state index contributed by atoms with van der Waals surface area (Å²) in [4.78, 5) is 19.8. The number of carbonyl (C=O) groups is 1. The second kappa shape index (κ2) is 8.36. The molecule has 0 aliphatic heterocycles. The van der Waals surface area contributed by atoms with E-state index < -0.39 is 11.5 Å². The first kappa shape index (κ1) is 21.4. The summed E-state index contributed by atoms with van der Waals surface area (Å²) < 4.78 is 1.61. The van der Waals surface area contributed by atoms with Crippen molar-refractivity contribution in [2.24, 2.45) is 5.73 Å². The molecule has 7 heteroatoms. The smallest absolute Gasteiger partial charge is 0.288 e. The predicted octanol–water partition coefficient (Wildman–Crippen LogP) is 3.55. The molecule has 32 heavy (non-hydrogen) atoms.